The predicted octanol–water partition coefficient (Wildman–Crippen LogP) is 2.96. The van der Waals surface area contributed by atoms with Crippen LogP contribution in [0.2, 0.25) is 0 Å². The lowest BCUT2D eigenvalue weighted by atomic mass is 10.1. The van der Waals surface area contributed by atoms with Crippen molar-refractivity contribution in [2.45, 2.75) is 30.7 Å². The summed E-state index contributed by atoms with van der Waals surface area (Å²) in [6.07, 6.45) is 0.665. The summed E-state index contributed by atoms with van der Waals surface area (Å²) in [7, 11) is 3.18. The van der Waals surface area contributed by atoms with Crippen LogP contribution in [0.3, 0.4) is 0 Å². The Morgan fingerprint density at radius 1 is 1.12 bits per heavy atom. The van der Waals surface area contributed by atoms with E-state index in [0.29, 0.717) is 35.5 Å². The van der Waals surface area contributed by atoms with Crippen molar-refractivity contribution in [1.29, 1.82) is 0 Å². The van der Waals surface area contributed by atoms with E-state index in [1.165, 1.54) is 0 Å². The number of rotatable bonds is 10. The molecule has 32 heavy (non-hydrogen) atoms. The molecule has 3 aromatic rings. The molecule has 1 unspecified atom stereocenters. The predicted molar refractivity (Wildman–Crippen MR) is 124 cm³/mol. The molecular formula is C21H25N5O4S2. The van der Waals surface area contributed by atoms with Crippen LogP contribution in [0.25, 0.3) is 0 Å². The van der Waals surface area contributed by atoms with Gasteiger partial charge in [-0.15, -0.1) is 10.2 Å². The van der Waals surface area contributed by atoms with Crippen LogP contribution in [0.15, 0.2) is 33.9 Å². The minimum atomic E-state index is -0.536. The van der Waals surface area contributed by atoms with Crippen molar-refractivity contribution >= 4 is 30.3 Å². The Kier molecular flexibility index (Phi) is 8.34. The lowest BCUT2D eigenvalue weighted by Gasteiger charge is -2.10. The zero-order valence-corrected chi connectivity index (χ0v) is 20.0. The van der Waals surface area contributed by atoms with E-state index in [-0.39, 0.29) is 17.6 Å². The molecule has 0 radical (unpaired) electrons. The number of nitrogens with zero attached hydrogens (tertiary/aromatic N) is 4. The maximum atomic E-state index is 12.2. The van der Waals surface area contributed by atoms with Crippen molar-refractivity contribution in [3.05, 3.63) is 52.9 Å². The Morgan fingerprint density at radius 3 is 2.53 bits per heavy atom. The number of hydrogen-bond acceptors (Lipinski definition) is 10. The van der Waals surface area contributed by atoms with Crippen LogP contribution in [0, 0.1) is 13.8 Å². The van der Waals surface area contributed by atoms with Gasteiger partial charge in [0.1, 0.15) is 5.25 Å². The minimum Gasteiger partial charge on any atom is -0.493 e. The van der Waals surface area contributed by atoms with Gasteiger partial charge in [-0.25, -0.2) is 9.97 Å². The molecule has 0 spiro atoms. The summed E-state index contributed by atoms with van der Waals surface area (Å²) in [5, 5.41) is 10.6. The van der Waals surface area contributed by atoms with Gasteiger partial charge in [-0.1, -0.05) is 17.8 Å². The fourth-order valence-electron chi connectivity index (χ4n) is 2.94. The fourth-order valence-corrected chi connectivity index (χ4v) is 3.76. The van der Waals surface area contributed by atoms with Gasteiger partial charge in [0.05, 0.1) is 20.0 Å². The second-order valence-corrected chi connectivity index (χ2v) is 8.34. The highest BCUT2D eigenvalue weighted by atomic mass is 32.2. The van der Waals surface area contributed by atoms with E-state index in [1.54, 1.807) is 14.2 Å². The van der Waals surface area contributed by atoms with E-state index in [9.17, 15) is 4.79 Å². The molecule has 0 aliphatic carbocycles. The van der Waals surface area contributed by atoms with Gasteiger partial charge in [-0.2, -0.15) is 12.6 Å². The quantitative estimate of drug-likeness (QED) is 0.337. The molecule has 0 bridgehead atoms. The summed E-state index contributed by atoms with van der Waals surface area (Å²) in [4.78, 5) is 20.9. The third-order valence-corrected chi connectivity index (χ3v) is 5.68. The van der Waals surface area contributed by atoms with Gasteiger partial charge in [-0.05, 0) is 44.0 Å². The largest absolute Gasteiger partial charge is 0.493 e. The Balaban J connectivity index is 1.47. The van der Waals surface area contributed by atoms with Crippen LogP contribution in [-0.4, -0.2) is 52.6 Å². The summed E-state index contributed by atoms with van der Waals surface area (Å²) >= 11 is 5.67. The molecule has 3 rings (SSSR count). The van der Waals surface area contributed by atoms with Gasteiger partial charge < -0.3 is 19.2 Å². The maximum absolute atomic E-state index is 12.2. The number of ether oxygens (including phenoxy) is 2. The Labute approximate surface area is 196 Å². The number of thiol groups is 1. The topological polar surface area (TPSA) is 112 Å². The third-order valence-electron chi connectivity index (χ3n) is 4.41. The summed E-state index contributed by atoms with van der Waals surface area (Å²) in [5.41, 5.74) is 2.71. The summed E-state index contributed by atoms with van der Waals surface area (Å²) in [5.74, 6) is 2.14. The standard InChI is InChI=1S/C21H25N5O4S2/c1-12-9-13(2)24-19(23-12)18(31)20-25-26-21(30-20)32-11-17(27)22-8-7-14-5-6-15(28-3)16(10-14)29-4/h5-6,9-10,18,31H,7-8,11H2,1-4H3,(H,22,27). The van der Waals surface area contributed by atoms with Crippen molar-refractivity contribution in [1.82, 2.24) is 25.5 Å². The zero-order valence-electron chi connectivity index (χ0n) is 18.3. The van der Waals surface area contributed by atoms with Crippen molar-refractivity contribution in [3.8, 4) is 11.5 Å². The van der Waals surface area contributed by atoms with Crippen molar-refractivity contribution < 1.29 is 18.7 Å². The Morgan fingerprint density at radius 2 is 1.84 bits per heavy atom. The smallest absolute Gasteiger partial charge is 0.277 e. The second kappa shape index (κ2) is 11.2. The van der Waals surface area contributed by atoms with E-state index in [4.69, 9.17) is 13.9 Å². The average molecular weight is 476 g/mol. The molecule has 1 aromatic carbocycles. The molecule has 2 aromatic heterocycles. The fraction of sp³-hybridized carbons (Fsp3) is 0.381. The molecular weight excluding hydrogens is 450 g/mol. The molecule has 0 aliphatic heterocycles. The van der Waals surface area contributed by atoms with Crippen LogP contribution in [0.4, 0.5) is 0 Å². The van der Waals surface area contributed by atoms with E-state index >= 15 is 0 Å². The van der Waals surface area contributed by atoms with Crippen LogP contribution < -0.4 is 14.8 Å². The molecule has 0 aliphatic rings. The SMILES string of the molecule is COc1ccc(CCNC(=O)CSc2nnc(C(S)c3nc(C)cc(C)n3)o2)cc1OC. The first kappa shape index (κ1) is 23.9. The van der Waals surface area contributed by atoms with Crippen LogP contribution in [0.5, 0.6) is 11.5 Å². The summed E-state index contributed by atoms with van der Waals surface area (Å²) in [6.45, 7) is 4.27. The number of amides is 1. The number of nitrogens with one attached hydrogen (secondary N) is 1. The molecule has 1 atom stereocenters. The molecule has 11 heteroatoms. The van der Waals surface area contributed by atoms with E-state index < -0.39 is 5.25 Å². The molecule has 0 fully saturated rings. The molecule has 9 nitrogen and oxygen atoms in total. The first-order valence-electron chi connectivity index (χ1n) is 9.83. The average Bonchev–Trinajstić information content (AvgIpc) is 3.25. The van der Waals surface area contributed by atoms with Crippen LogP contribution in [0.1, 0.15) is 33.9 Å². The highest BCUT2D eigenvalue weighted by Gasteiger charge is 2.21. The minimum absolute atomic E-state index is 0.129. The maximum Gasteiger partial charge on any atom is 0.277 e. The van der Waals surface area contributed by atoms with Crippen LogP contribution >= 0.6 is 24.4 Å². The first-order valence-corrected chi connectivity index (χ1v) is 11.3. The highest BCUT2D eigenvalue weighted by Crippen LogP contribution is 2.28. The lowest BCUT2D eigenvalue weighted by Crippen LogP contribution is -2.27. The van der Waals surface area contributed by atoms with Gasteiger partial charge >= 0.3 is 0 Å². The van der Waals surface area contributed by atoms with Gasteiger partial charge in [0.15, 0.2) is 17.3 Å². The lowest BCUT2D eigenvalue weighted by molar-refractivity contribution is -0.118. The highest BCUT2D eigenvalue weighted by molar-refractivity contribution is 7.99. The molecule has 0 saturated heterocycles. The zero-order chi connectivity index (χ0) is 23.1. The number of thioether (sulfide) groups is 1. The second-order valence-electron chi connectivity index (χ2n) is 6.90. The van der Waals surface area contributed by atoms with Crippen molar-refractivity contribution in [3.63, 3.8) is 0 Å². The number of carbonyl (C=O) groups excluding carboxylic acids is 1. The normalized spacial score (nSPS) is 11.8. The molecule has 2 heterocycles. The van der Waals surface area contributed by atoms with E-state index in [1.807, 2.05) is 38.1 Å². The number of methoxy groups -OCH3 is 2. The number of aryl methyl sites for hydroxylation is 2. The molecule has 0 saturated carbocycles. The Hall–Kier alpha value is -2.79. The Bertz CT molecular complexity index is 1060. The van der Waals surface area contributed by atoms with E-state index in [2.05, 4.69) is 38.1 Å². The van der Waals surface area contributed by atoms with Crippen molar-refractivity contribution in [2.75, 3.05) is 26.5 Å². The van der Waals surface area contributed by atoms with Gasteiger partial charge in [-0.3, -0.25) is 4.79 Å². The first-order chi connectivity index (χ1) is 15.4. The van der Waals surface area contributed by atoms with Gasteiger partial charge in [0.25, 0.3) is 5.22 Å². The van der Waals surface area contributed by atoms with Gasteiger partial charge in [0, 0.05) is 17.9 Å². The van der Waals surface area contributed by atoms with E-state index in [0.717, 1.165) is 28.7 Å². The van der Waals surface area contributed by atoms with Crippen LogP contribution in [-0.2, 0) is 11.2 Å². The number of carbonyl (C=O) groups is 1. The number of aromatic nitrogens is 4. The van der Waals surface area contributed by atoms with Gasteiger partial charge in [0.2, 0.25) is 11.8 Å². The number of hydrogen-bond donors (Lipinski definition) is 2. The number of benzene rings is 1. The third kappa shape index (κ3) is 6.36. The summed E-state index contributed by atoms with van der Waals surface area (Å²) in [6, 6.07) is 7.56. The molecule has 170 valence electrons. The summed E-state index contributed by atoms with van der Waals surface area (Å²) < 4.78 is 16.2. The van der Waals surface area contributed by atoms with Crippen molar-refractivity contribution in [2.24, 2.45) is 0 Å². The molecule has 1 N–H and O–H groups in total. The molecule has 1 amide bonds. The monoisotopic (exact) mass is 475 g/mol.